The quantitative estimate of drug-likeness (QED) is 0.902. The van der Waals surface area contributed by atoms with Gasteiger partial charge < -0.3 is 10.6 Å². The van der Waals surface area contributed by atoms with Crippen LogP contribution in [0.2, 0.25) is 0 Å². The summed E-state index contributed by atoms with van der Waals surface area (Å²) in [5.74, 6) is 0.754. The lowest BCUT2D eigenvalue weighted by Crippen LogP contribution is -2.47. The fourth-order valence-electron chi connectivity index (χ4n) is 3.43. The number of nitrogens with zero attached hydrogens (tertiary/aromatic N) is 1. The molecule has 2 N–H and O–H groups in total. The molecule has 0 aromatic heterocycles. The molecule has 1 heterocycles. The smallest absolute Gasteiger partial charge is 0.0102 e. The highest BCUT2D eigenvalue weighted by molar-refractivity contribution is 5.34. The third kappa shape index (κ3) is 3.18. The minimum Gasteiger partial charge on any atom is -0.330 e. The van der Waals surface area contributed by atoms with E-state index in [9.17, 15) is 0 Å². The van der Waals surface area contributed by atoms with Crippen molar-refractivity contribution in [3.8, 4) is 0 Å². The van der Waals surface area contributed by atoms with Crippen molar-refractivity contribution >= 4 is 0 Å². The Bertz CT molecular complexity index is 403. The summed E-state index contributed by atoms with van der Waals surface area (Å²) < 4.78 is 0. The first kappa shape index (κ1) is 14.5. The van der Waals surface area contributed by atoms with E-state index in [1.807, 2.05) is 0 Å². The predicted octanol–water partition coefficient (Wildman–Crippen LogP) is 2.94. The van der Waals surface area contributed by atoms with Crippen molar-refractivity contribution in [2.45, 2.75) is 39.0 Å². The summed E-state index contributed by atoms with van der Waals surface area (Å²) in [6.07, 6.45) is 2.39. The Labute approximate surface area is 118 Å². The lowest BCUT2D eigenvalue weighted by Gasteiger charge is -2.42. The number of benzene rings is 1. The topological polar surface area (TPSA) is 29.3 Å². The standard InChI is InChI=1S/C17H28N2/c1-14(2)12-19-10-8-17(13-18,9-11-19)16-7-5-4-6-15(16)3/h4-7,14H,8-13,18H2,1-3H3. The van der Waals surface area contributed by atoms with Gasteiger partial charge in [-0.3, -0.25) is 0 Å². The minimum atomic E-state index is 0.207. The van der Waals surface area contributed by atoms with E-state index in [1.54, 1.807) is 0 Å². The van der Waals surface area contributed by atoms with Gasteiger partial charge in [-0.25, -0.2) is 0 Å². The zero-order valence-corrected chi connectivity index (χ0v) is 12.7. The van der Waals surface area contributed by atoms with Gasteiger partial charge in [-0.05, 0) is 49.9 Å². The Morgan fingerprint density at radius 2 is 1.84 bits per heavy atom. The number of likely N-dealkylation sites (tertiary alicyclic amines) is 1. The lowest BCUT2D eigenvalue weighted by molar-refractivity contribution is 0.148. The molecular weight excluding hydrogens is 232 g/mol. The average molecular weight is 260 g/mol. The van der Waals surface area contributed by atoms with Crippen LogP contribution in [0.4, 0.5) is 0 Å². The van der Waals surface area contributed by atoms with Crippen molar-refractivity contribution in [3.05, 3.63) is 35.4 Å². The molecule has 1 aromatic rings. The number of hydrogen-bond donors (Lipinski definition) is 1. The summed E-state index contributed by atoms with van der Waals surface area (Å²) >= 11 is 0. The molecule has 1 aromatic carbocycles. The molecule has 0 aliphatic carbocycles. The first-order valence-electron chi connectivity index (χ1n) is 7.56. The Balaban J connectivity index is 2.12. The van der Waals surface area contributed by atoms with E-state index in [0.29, 0.717) is 0 Å². The lowest BCUT2D eigenvalue weighted by atomic mass is 9.71. The number of aryl methyl sites for hydroxylation is 1. The van der Waals surface area contributed by atoms with E-state index in [-0.39, 0.29) is 5.41 Å². The van der Waals surface area contributed by atoms with Crippen LogP contribution in [-0.4, -0.2) is 31.1 Å². The number of piperidine rings is 1. The van der Waals surface area contributed by atoms with Crippen LogP contribution in [0.5, 0.6) is 0 Å². The van der Waals surface area contributed by atoms with Gasteiger partial charge in [0, 0.05) is 18.5 Å². The van der Waals surface area contributed by atoms with E-state index in [0.717, 1.165) is 12.5 Å². The predicted molar refractivity (Wildman–Crippen MR) is 82.4 cm³/mol. The van der Waals surface area contributed by atoms with Gasteiger partial charge in [0.15, 0.2) is 0 Å². The molecule has 2 heteroatoms. The summed E-state index contributed by atoms with van der Waals surface area (Å²) in [7, 11) is 0. The molecule has 0 spiro atoms. The van der Waals surface area contributed by atoms with E-state index in [4.69, 9.17) is 5.73 Å². The summed E-state index contributed by atoms with van der Waals surface area (Å²) in [5.41, 5.74) is 9.24. The molecule has 1 aliphatic rings. The summed E-state index contributed by atoms with van der Waals surface area (Å²) in [4.78, 5) is 2.59. The van der Waals surface area contributed by atoms with Gasteiger partial charge in [0.2, 0.25) is 0 Å². The largest absolute Gasteiger partial charge is 0.330 e. The summed E-state index contributed by atoms with van der Waals surface area (Å²) in [5, 5.41) is 0. The van der Waals surface area contributed by atoms with Crippen LogP contribution in [-0.2, 0) is 5.41 Å². The van der Waals surface area contributed by atoms with Crippen molar-refractivity contribution in [2.24, 2.45) is 11.7 Å². The van der Waals surface area contributed by atoms with Gasteiger partial charge in [-0.2, -0.15) is 0 Å². The van der Waals surface area contributed by atoms with Crippen molar-refractivity contribution in [3.63, 3.8) is 0 Å². The Morgan fingerprint density at radius 1 is 1.21 bits per heavy atom. The third-order valence-corrected chi connectivity index (χ3v) is 4.54. The molecule has 0 saturated carbocycles. The van der Waals surface area contributed by atoms with Crippen LogP contribution in [0.15, 0.2) is 24.3 Å². The van der Waals surface area contributed by atoms with Crippen molar-refractivity contribution in [2.75, 3.05) is 26.2 Å². The normalized spacial score (nSPS) is 19.8. The van der Waals surface area contributed by atoms with E-state index in [1.165, 1.54) is 43.6 Å². The second-order valence-electron chi connectivity index (χ2n) is 6.49. The van der Waals surface area contributed by atoms with Gasteiger partial charge in [0.05, 0.1) is 0 Å². The number of nitrogens with two attached hydrogens (primary N) is 1. The molecule has 106 valence electrons. The monoisotopic (exact) mass is 260 g/mol. The molecule has 1 aliphatic heterocycles. The Morgan fingerprint density at radius 3 is 2.37 bits per heavy atom. The molecule has 1 saturated heterocycles. The number of hydrogen-bond acceptors (Lipinski definition) is 2. The van der Waals surface area contributed by atoms with Crippen molar-refractivity contribution in [1.82, 2.24) is 4.90 Å². The molecule has 2 rings (SSSR count). The van der Waals surface area contributed by atoms with Gasteiger partial charge in [0.1, 0.15) is 0 Å². The molecule has 19 heavy (non-hydrogen) atoms. The average Bonchev–Trinajstić information content (AvgIpc) is 2.40. The van der Waals surface area contributed by atoms with Crippen LogP contribution in [0.3, 0.4) is 0 Å². The maximum atomic E-state index is 6.17. The van der Waals surface area contributed by atoms with E-state index < -0.39 is 0 Å². The van der Waals surface area contributed by atoms with Crippen LogP contribution in [0, 0.1) is 12.8 Å². The second kappa shape index (κ2) is 6.06. The molecule has 0 atom stereocenters. The highest BCUT2D eigenvalue weighted by Crippen LogP contribution is 2.36. The van der Waals surface area contributed by atoms with Crippen LogP contribution >= 0.6 is 0 Å². The number of rotatable bonds is 4. The fourth-order valence-corrected chi connectivity index (χ4v) is 3.43. The second-order valence-corrected chi connectivity index (χ2v) is 6.49. The van der Waals surface area contributed by atoms with Gasteiger partial charge >= 0.3 is 0 Å². The fraction of sp³-hybridized carbons (Fsp3) is 0.647. The van der Waals surface area contributed by atoms with Gasteiger partial charge in [-0.15, -0.1) is 0 Å². The first-order valence-corrected chi connectivity index (χ1v) is 7.56. The molecule has 0 radical (unpaired) electrons. The van der Waals surface area contributed by atoms with E-state index >= 15 is 0 Å². The SMILES string of the molecule is Cc1ccccc1C1(CN)CCN(CC(C)C)CC1. The maximum Gasteiger partial charge on any atom is 0.0102 e. The van der Waals surface area contributed by atoms with Crippen LogP contribution < -0.4 is 5.73 Å². The highest BCUT2D eigenvalue weighted by Gasteiger charge is 2.35. The van der Waals surface area contributed by atoms with Crippen molar-refractivity contribution in [1.29, 1.82) is 0 Å². The summed E-state index contributed by atoms with van der Waals surface area (Å²) in [6.45, 7) is 11.2. The molecule has 1 fully saturated rings. The molecule has 0 unspecified atom stereocenters. The van der Waals surface area contributed by atoms with Gasteiger partial charge in [-0.1, -0.05) is 38.1 Å². The first-order chi connectivity index (χ1) is 9.07. The third-order valence-electron chi connectivity index (χ3n) is 4.54. The Hall–Kier alpha value is -0.860. The van der Waals surface area contributed by atoms with Crippen LogP contribution in [0.25, 0.3) is 0 Å². The zero-order valence-electron chi connectivity index (χ0n) is 12.7. The molecule has 2 nitrogen and oxygen atoms in total. The van der Waals surface area contributed by atoms with Crippen LogP contribution in [0.1, 0.15) is 37.8 Å². The highest BCUT2D eigenvalue weighted by atomic mass is 15.1. The summed E-state index contributed by atoms with van der Waals surface area (Å²) in [6, 6.07) is 8.77. The van der Waals surface area contributed by atoms with Gasteiger partial charge in [0.25, 0.3) is 0 Å². The van der Waals surface area contributed by atoms with E-state index in [2.05, 4.69) is 49.9 Å². The molecular formula is C17H28N2. The molecule has 0 amide bonds. The zero-order chi connectivity index (χ0) is 13.9. The molecule has 0 bridgehead atoms. The Kier molecular flexibility index (Phi) is 4.64. The maximum absolute atomic E-state index is 6.17. The minimum absolute atomic E-state index is 0.207. The van der Waals surface area contributed by atoms with Crippen molar-refractivity contribution < 1.29 is 0 Å².